The Labute approximate surface area is 178 Å². The van der Waals surface area contributed by atoms with Gasteiger partial charge in [0.15, 0.2) is 0 Å². The summed E-state index contributed by atoms with van der Waals surface area (Å²) in [6, 6.07) is 19.5. The fraction of sp³-hybridized carbons (Fsp3) is 0.0400. The second-order valence-electron chi connectivity index (χ2n) is 7.36. The fourth-order valence-electron chi connectivity index (χ4n) is 3.62. The van der Waals surface area contributed by atoms with Crippen molar-refractivity contribution in [1.82, 2.24) is 14.4 Å². The number of amides is 1. The van der Waals surface area contributed by atoms with Crippen LogP contribution in [0.25, 0.3) is 28.0 Å². The van der Waals surface area contributed by atoms with Crippen LogP contribution in [0.1, 0.15) is 16.1 Å². The summed E-state index contributed by atoms with van der Waals surface area (Å²) < 4.78 is 15.1. The van der Waals surface area contributed by atoms with E-state index in [1.807, 2.05) is 60.1 Å². The molecule has 2 aromatic carbocycles. The summed E-state index contributed by atoms with van der Waals surface area (Å²) in [5.74, 6) is -0.559. The minimum Gasteiger partial charge on any atom is -0.357 e. The Bertz CT molecular complexity index is 1400. The number of imidazole rings is 1. The minimum atomic E-state index is -0.295. The van der Waals surface area contributed by atoms with E-state index in [-0.39, 0.29) is 11.7 Å². The van der Waals surface area contributed by atoms with E-state index in [2.05, 4.69) is 10.3 Å². The average Bonchev–Trinajstić information content (AvgIpc) is 3.43. The second-order valence-corrected chi connectivity index (χ2v) is 7.36. The summed E-state index contributed by atoms with van der Waals surface area (Å²) in [7, 11) is 0. The molecule has 0 saturated carbocycles. The monoisotopic (exact) mass is 410 g/mol. The van der Waals surface area contributed by atoms with Crippen LogP contribution in [0.5, 0.6) is 0 Å². The van der Waals surface area contributed by atoms with Gasteiger partial charge in [0.25, 0.3) is 5.91 Å². The summed E-state index contributed by atoms with van der Waals surface area (Å²) in [5, 5.41) is 2.98. The molecular weight excluding hydrogens is 391 g/mol. The molecular formula is C25H19FN4O. The third-order valence-corrected chi connectivity index (χ3v) is 5.23. The number of pyridine rings is 1. The first kappa shape index (κ1) is 18.8. The van der Waals surface area contributed by atoms with E-state index in [0.29, 0.717) is 11.4 Å². The number of H-pyrrole nitrogens is 1. The molecule has 0 aliphatic rings. The van der Waals surface area contributed by atoms with E-state index >= 15 is 0 Å². The van der Waals surface area contributed by atoms with Crippen LogP contribution in [0.4, 0.5) is 10.1 Å². The Morgan fingerprint density at radius 3 is 2.65 bits per heavy atom. The van der Waals surface area contributed by atoms with Crippen molar-refractivity contribution in [3.05, 3.63) is 102 Å². The van der Waals surface area contributed by atoms with Crippen molar-refractivity contribution in [3.8, 4) is 22.4 Å². The van der Waals surface area contributed by atoms with Crippen molar-refractivity contribution < 1.29 is 9.18 Å². The molecule has 0 spiro atoms. The number of aryl methyl sites for hydroxylation is 1. The van der Waals surface area contributed by atoms with Gasteiger partial charge in [0, 0.05) is 24.2 Å². The normalized spacial score (nSPS) is 11.0. The molecule has 0 radical (unpaired) electrons. The first-order chi connectivity index (χ1) is 15.1. The zero-order chi connectivity index (χ0) is 21.4. The summed E-state index contributed by atoms with van der Waals surface area (Å²) in [4.78, 5) is 20.6. The number of fused-ring (bicyclic) bond motifs is 1. The molecule has 0 atom stereocenters. The van der Waals surface area contributed by atoms with Gasteiger partial charge in [0.05, 0.1) is 11.4 Å². The summed E-state index contributed by atoms with van der Waals surface area (Å²) in [6.07, 6.45) is 5.64. The third-order valence-electron chi connectivity index (χ3n) is 5.23. The molecule has 0 aliphatic carbocycles. The molecule has 31 heavy (non-hydrogen) atoms. The number of para-hydroxylation sites is 1. The van der Waals surface area contributed by atoms with Crippen LogP contribution < -0.4 is 5.32 Å². The highest BCUT2D eigenvalue weighted by atomic mass is 19.1. The fourth-order valence-corrected chi connectivity index (χ4v) is 3.62. The van der Waals surface area contributed by atoms with Gasteiger partial charge in [0.1, 0.15) is 17.2 Å². The van der Waals surface area contributed by atoms with Crippen LogP contribution in [0.15, 0.2) is 85.3 Å². The van der Waals surface area contributed by atoms with Gasteiger partial charge < -0.3 is 14.7 Å². The van der Waals surface area contributed by atoms with Crippen LogP contribution in [0.2, 0.25) is 0 Å². The van der Waals surface area contributed by atoms with Gasteiger partial charge in [-0.3, -0.25) is 4.79 Å². The van der Waals surface area contributed by atoms with E-state index in [1.54, 1.807) is 24.4 Å². The molecule has 0 fully saturated rings. The Hall–Kier alpha value is -4.19. The standard InChI is InChI=1S/C25H19FN4O/c1-16-5-4-12-30-15-23(28-24(16)30)20-6-2-3-7-21(20)29-25(31)22-13-18(14-27-22)17-8-10-19(26)11-9-17/h2-15,27H,1H3,(H,29,31). The topological polar surface area (TPSA) is 62.2 Å². The number of nitrogens with zero attached hydrogens (tertiary/aromatic N) is 2. The van der Waals surface area contributed by atoms with Gasteiger partial charge in [-0.25, -0.2) is 9.37 Å². The van der Waals surface area contributed by atoms with Gasteiger partial charge in [-0.2, -0.15) is 0 Å². The molecule has 0 unspecified atom stereocenters. The van der Waals surface area contributed by atoms with Crippen molar-refractivity contribution in [2.24, 2.45) is 0 Å². The van der Waals surface area contributed by atoms with Gasteiger partial charge in [0.2, 0.25) is 0 Å². The number of anilines is 1. The van der Waals surface area contributed by atoms with E-state index in [9.17, 15) is 9.18 Å². The van der Waals surface area contributed by atoms with Crippen LogP contribution in [0.3, 0.4) is 0 Å². The Morgan fingerprint density at radius 1 is 1.03 bits per heavy atom. The largest absolute Gasteiger partial charge is 0.357 e. The first-order valence-corrected chi connectivity index (χ1v) is 9.88. The molecule has 1 amide bonds. The van der Waals surface area contributed by atoms with Crippen molar-refractivity contribution in [3.63, 3.8) is 0 Å². The molecule has 152 valence electrons. The van der Waals surface area contributed by atoms with Crippen molar-refractivity contribution in [1.29, 1.82) is 0 Å². The Kier molecular flexibility index (Phi) is 4.59. The van der Waals surface area contributed by atoms with Crippen LogP contribution in [0, 0.1) is 12.7 Å². The number of aromatic amines is 1. The maximum absolute atomic E-state index is 13.2. The van der Waals surface area contributed by atoms with E-state index in [1.165, 1.54) is 12.1 Å². The minimum absolute atomic E-state index is 0.263. The van der Waals surface area contributed by atoms with Crippen LogP contribution >= 0.6 is 0 Å². The van der Waals surface area contributed by atoms with Crippen LogP contribution in [-0.2, 0) is 0 Å². The number of carbonyl (C=O) groups excluding carboxylic acids is 1. The van der Waals surface area contributed by atoms with Gasteiger partial charge in [-0.05, 0) is 53.9 Å². The molecule has 5 rings (SSSR count). The van der Waals surface area contributed by atoms with E-state index in [0.717, 1.165) is 33.6 Å². The molecule has 5 aromatic rings. The first-order valence-electron chi connectivity index (χ1n) is 9.88. The SMILES string of the molecule is Cc1cccn2cc(-c3ccccc3NC(=O)c3cc(-c4ccc(F)cc4)c[nH]3)nc12. The third kappa shape index (κ3) is 3.59. The number of nitrogens with one attached hydrogen (secondary N) is 2. The molecule has 0 aliphatic heterocycles. The summed E-state index contributed by atoms with van der Waals surface area (Å²) in [6.45, 7) is 2.02. The number of hydrogen-bond acceptors (Lipinski definition) is 2. The predicted octanol–water partition coefficient (Wildman–Crippen LogP) is 5.70. The number of rotatable bonds is 4. The maximum Gasteiger partial charge on any atom is 0.272 e. The molecule has 3 heterocycles. The predicted molar refractivity (Wildman–Crippen MR) is 120 cm³/mol. The molecule has 0 bridgehead atoms. The number of carbonyl (C=O) groups is 1. The molecule has 2 N–H and O–H groups in total. The van der Waals surface area contributed by atoms with Gasteiger partial charge >= 0.3 is 0 Å². The number of hydrogen-bond donors (Lipinski definition) is 2. The van der Waals surface area contributed by atoms with Gasteiger partial charge in [-0.15, -0.1) is 0 Å². The highest BCUT2D eigenvalue weighted by Gasteiger charge is 2.15. The number of aromatic nitrogens is 3. The lowest BCUT2D eigenvalue weighted by Gasteiger charge is -2.08. The smallest absolute Gasteiger partial charge is 0.272 e. The highest BCUT2D eigenvalue weighted by molar-refractivity contribution is 6.05. The number of halogens is 1. The van der Waals surface area contributed by atoms with Crippen molar-refractivity contribution in [2.45, 2.75) is 6.92 Å². The lowest BCUT2D eigenvalue weighted by molar-refractivity contribution is 0.102. The second kappa shape index (κ2) is 7.57. The van der Waals surface area contributed by atoms with Crippen LogP contribution in [-0.4, -0.2) is 20.3 Å². The lowest BCUT2D eigenvalue weighted by Crippen LogP contribution is -2.12. The number of benzene rings is 2. The maximum atomic E-state index is 13.2. The van der Waals surface area contributed by atoms with E-state index in [4.69, 9.17) is 4.98 Å². The van der Waals surface area contributed by atoms with Gasteiger partial charge in [-0.1, -0.05) is 36.4 Å². The molecule has 5 nitrogen and oxygen atoms in total. The van der Waals surface area contributed by atoms with E-state index < -0.39 is 0 Å². The summed E-state index contributed by atoms with van der Waals surface area (Å²) >= 11 is 0. The quantitative estimate of drug-likeness (QED) is 0.399. The molecule has 6 heteroatoms. The summed E-state index contributed by atoms with van der Waals surface area (Å²) in [5.41, 5.74) is 6.31. The lowest BCUT2D eigenvalue weighted by atomic mass is 10.1. The zero-order valence-corrected chi connectivity index (χ0v) is 16.8. The zero-order valence-electron chi connectivity index (χ0n) is 16.8. The average molecular weight is 410 g/mol. The molecule has 0 saturated heterocycles. The Balaban J connectivity index is 1.44. The van der Waals surface area contributed by atoms with Crippen molar-refractivity contribution in [2.75, 3.05) is 5.32 Å². The Morgan fingerprint density at radius 2 is 1.84 bits per heavy atom. The van der Waals surface area contributed by atoms with Crippen molar-refractivity contribution >= 4 is 17.2 Å². The highest BCUT2D eigenvalue weighted by Crippen LogP contribution is 2.29. The molecule has 3 aromatic heterocycles.